The van der Waals surface area contributed by atoms with E-state index in [1.807, 2.05) is 6.07 Å². The first-order valence-electron chi connectivity index (χ1n) is 11.4. The average Bonchev–Trinajstić information content (AvgIpc) is 3.35. The molecule has 1 aromatic rings. The number of thiocarbonyl (C=S) groups is 1. The van der Waals surface area contributed by atoms with Crippen molar-refractivity contribution in [2.24, 2.45) is 0 Å². The Kier molecular flexibility index (Phi) is 8.19. The molecule has 0 atom stereocenters. The third-order valence-electron chi connectivity index (χ3n) is 6.09. The molecule has 32 heavy (non-hydrogen) atoms. The van der Waals surface area contributed by atoms with Crippen molar-refractivity contribution >= 4 is 38.7 Å². The van der Waals surface area contributed by atoms with E-state index >= 15 is 0 Å². The van der Waals surface area contributed by atoms with E-state index in [0.29, 0.717) is 31.4 Å². The third-order valence-corrected chi connectivity index (χ3v) is 8.23. The van der Waals surface area contributed by atoms with Gasteiger partial charge < -0.3 is 25.0 Å². The van der Waals surface area contributed by atoms with Crippen LogP contribution in [0.15, 0.2) is 23.1 Å². The lowest BCUT2D eigenvalue weighted by atomic mass is 10.2. The zero-order valence-corrected chi connectivity index (χ0v) is 20.1. The van der Waals surface area contributed by atoms with Crippen molar-refractivity contribution in [3.8, 4) is 0 Å². The number of hydrogen-bond acceptors (Lipinski definition) is 7. The zero-order valence-electron chi connectivity index (χ0n) is 18.4. The maximum absolute atomic E-state index is 13.2. The number of nitrogens with zero attached hydrogens (tertiary/aromatic N) is 3. The van der Waals surface area contributed by atoms with E-state index in [1.54, 1.807) is 12.1 Å². The van der Waals surface area contributed by atoms with E-state index in [1.165, 1.54) is 4.31 Å². The van der Waals surface area contributed by atoms with Crippen LogP contribution in [0.2, 0.25) is 0 Å². The summed E-state index contributed by atoms with van der Waals surface area (Å²) in [6.07, 6.45) is 2.27. The van der Waals surface area contributed by atoms with Crippen molar-refractivity contribution in [3.05, 3.63) is 18.2 Å². The van der Waals surface area contributed by atoms with Gasteiger partial charge in [-0.15, -0.1) is 0 Å². The number of rotatable bonds is 7. The summed E-state index contributed by atoms with van der Waals surface area (Å²) in [5.74, 6) is 0. The van der Waals surface area contributed by atoms with Crippen molar-refractivity contribution in [3.63, 3.8) is 0 Å². The van der Waals surface area contributed by atoms with Gasteiger partial charge in [0.1, 0.15) is 0 Å². The minimum atomic E-state index is -3.58. The van der Waals surface area contributed by atoms with Crippen LogP contribution in [-0.2, 0) is 19.5 Å². The van der Waals surface area contributed by atoms with Crippen LogP contribution < -0.4 is 15.5 Å². The number of sulfonamides is 1. The number of hydrogen-bond donors (Lipinski definition) is 2. The molecular formula is C21H33N5O4S2. The molecule has 0 radical (unpaired) electrons. The van der Waals surface area contributed by atoms with Crippen molar-refractivity contribution in [2.45, 2.75) is 17.7 Å². The average molecular weight is 484 g/mol. The molecule has 0 unspecified atom stereocenters. The summed E-state index contributed by atoms with van der Waals surface area (Å²) in [4.78, 5) is 4.90. The number of nitrogens with one attached hydrogen (secondary N) is 2. The van der Waals surface area contributed by atoms with Gasteiger partial charge in [-0.2, -0.15) is 4.31 Å². The van der Waals surface area contributed by atoms with Crippen molar-refractivity contribution in [1.82, 2.24) is 14.5 Å². The summed E-state index contributed by atoms with van der Waals surface area (Å²) in [5, 5.41) is 7.03. The smallest absolute Gasteiger partial charge is 0.243 e. The monoisotopic (exact) mass is 483 g/mol. The molecule has 9 nitrogen and oxygen atoms in total. The summed E-state index contributed by atoms with van der Waals surface area (Å²) < 4.78 is 38.5. The molecule has 3 saturated heterocycles. The largest absolute Gasteiger partial charge is 0.379 e. The molecule has 3 aliphatic heterocycles. The number of ether oxygens (including phenoxy) is 2. The summed E-state index contributed by atoms with van der Waals surface area (Å²) in [5.41, 5.74) is 1.71. The van der Waals surface area contributed by atoms with Gasteiger partial charge in [0.2, 0.25) is 10.0 Å². The summed E-state index contributed by atoms with van der Waals surface area (Å²) in [6.45, 7) is 8.53. The quantitative estimate of drug-likeness (QED) is 0.550. The Morgan fingerprint density at radius 3 is 2.31 bits per heavy atom. The minimum Gasteiger partial charge on any atom is -0.379 e. The Morgan fingerprint density at radius 2 is 1.62 bits per heavy atom. The molecule has 178 valence electrons. The van der Waals surface area contributed by atoms with Crippen LogP contribution in [0.3, 0.4) is 0 Å². The van der Waals surface area contributed by atoms with Crippen LogP contribution in [0.1, 0.15) is 12.8 Å². The predicted molar refractivity (Wildman–Crippen MR) is 129 cm³/mol. The first-order valence-corrected chi connectivity index (χ1v) is 13.2. The third kappa shape index (κ3) is 5.89. The highest BCUT2D eigenvalue weighted by atomic mass is 32.2. The van der Waals surface area contributed by atoms with Crippen LogP contribution in [0.5, 0.6) is 0 Å². The maximum atomic E-state index is 13.2. The molecule has 0 bridgehead atoms. The van der Waals surface area contributed by atoms with E-state index in [0.717, 1.165) is 76.7 Å². The van der Waals surface area contributed by atoms with Crippen LogP contribution in [0.4, 0.5) is 11.4 Å². The number of morpholine rings is 2. The highest BCUT2D eigenvalue weighted by Crippen LogP contribution is 2.32. The first kappa shape index (κ1) is 23.7. The molecule has 11 heteroatoms. The fourth-order valence-corrected chi connectivity index (χ4v) is 5.91. The summed E-state index contributed by atoms with van der Waals surface area (Å²) >= 11 is 5.54. The van der Waals surface area contributed by atoms with Crippen LogP contribution in [-0.4, -0.2) is 102 Å². The lowest BCUT2D eigenvalue weighted by Crippen LogP contribution is -2.42. The molecule has 3 aliphatic rings. The van der Waals surface area contributed by atoms with Gasteiger partial charge in [0.25, 0.3) is 0 Å². The molecule has 0 amide bonds. The number of benzene rings is 1. The van der Waals surface area contributed by atoms with Crippen molar-refractivity contribution in [2.75, 3.05) is 89.0 Å². The lowest BCUT2D eigenvalue weighted by molar-refractivity contribution is 0.0389. The van der Waals surface area contributed by atoms with Gasteiger partial charge in [0.05, 0.1) is 42.7 Å². The van der Waals surface area contributed by atoms with E-state index in [-0.39, 0.29) is 4.90 Å². The summed E-state index contributed by atoms with van der Waals surface area (Å²) in [7, 11) is -3.58. The van der Waals surface area contributed by atoms with E-state index in [9.17, 15) is 8.42 Å². The normalized spacial score (nSPS) is 20.9. The van der Waals surface area contributed by atoms with E-state index in [4.69, 9.17) is 21.7 Å². The fraction of sp³-hybridized carbons (Fsp3) is 0.667. The minimum absolute atomic E-state index is 0.279. The van der Waals surface area contributed by atoms with Gasteiger partial charge in [-0.1, -0.05) is 0 Å². The number of anilines is 2. The molecule has 2 N–H and O–H groups in total. The van der Waals surface area contributed by atoms with Gasteiger partial charge in [0.15, 0.2) is 5.11 Å². The predicted octanol–water partition coefficient (Wildman–Crippen LogP) is 0.926. The molecule has 0 aromatic heterocycles. The van der Waals surface area contributed by atoms with Crippen molar-refractivity contribution < 1.29 is 17.9 Å². The summed E-state index contributed by atoms with van der Waals surface area (Å²) in [6, 6.07) is 5.32. The zero-order chi connectivity index (χ0) is 22.4. The Labute approximate surface area is 196 Å². The van der Waals surface area contributed by atoms with Crippen LogP contribution in [0.25, 0.3) is 0 Å². The highest BCUT2D eigenvalue weighted by Gasteiger charge is 2.28. The Bertz CT molecular complexity index is 880. The molecule has 3 heterocycles. The second-order valence-electron chi connectivity index (χ2n) is 8.22. The van der Waals surface area contributed by atoms with Gasteiger partial charge in [-0.3, -0.25) is 4.90 Å². The fourth-order valence-electron chi connectivity index (χ4n) is 4.26. The van der Waals surface area contributed by atoms with Gasteiger partial charge >= 0.3 is 0 Å². The molecule has 1 aromatic carbocycles. The molecule has 0 spiro atoms. The molecule has 4 rings (SSSR count). The second kappa shape index (κ2) is 11.1. The van der Waals surface area contributed by atoms with Crippen LogP contribution >= 0.6 is 12.2 Å². The Morgan fingerprint density at radius 1 is 0.969 bits per heavy atom. The molecular weight excluding hydrogens is 450 g/mol. The first-order chi connectivity index (χ1) is 15.5. The van der Waals surface area contributed by atoms with Crippen molar-refractivity contribution in [1.29, 1.82) is 0 Å². The molecule has 0 aliphatic carbocycles. The Hall–Kier alpha value is -1.50. The topological polar surface area (TPSA) is 86.4 Å². The van der Waals surface area contributed by atoms with Gasteiger partial charge in [-0.25, -0.2) is 8.42 Å². The second-order valence-corrected chi connectivity index (χ2v) is 10.6. The van der Waals surface area contributed by atoms with E-state index in [2.05, 4.69) is 20.4 Å². The molecule has 3 fully saturated rings. The standard InChI is InChI=1S/C21H33N5O4S2/c27-32(28,26-11-15-30-16-12-26)18-3-4-20(25-6-1-2-7-25)19(17-18)23-21(31)22-5-8-24-9-13-29-14-10-24/h3-4,17H,1-2,5-16H2,(H2,22,23,31). The van der Waals surface area contributed by atoms with E-state index < -0.39 is 10.0 Å². The highest BCUT2D eigenvalue weighted by molar-refractivity contribution is 7.89. The lowest BCUT2D eigenvalue weighted by Gasteiger charge is -2.28. The van der Waals surface area contributed by atoms with Crippen LogP contribution in [0, 0.1) is 0 Å². The SMILES string of the molecule is O=S(=O)(c1ccc(N2CCCC2)c(NC(=S)NCCN2CCOCC2)c1)N1CCOCC1. The Balaban J connectivity index is 1.46. The maximum Gasteiger partial charge on any atom is 0.243 e. The van der Waals surface area contributed by atoms with Gasteiger partial charge in [0, 0.05) is 52.4 Å². The van der Waals surface area contributed by atoms with Gasteiger partial charge in [-0.05, 0) is 43.3 Å². The molecule has 0 saturated carbocycles.